The number of nitrogens with zero attached hydrogens (tertiary/aromatic N) is 4. The number of pyridine rings is 1. The van der Waals surface area contributed by atoms with Gasteiger partial charge in [0.1, 0.15) is 17.0 Å². The Morgan fingerprint density at radius 1 is 1.43 bits per heavy atom. The Labute approximate surface area is 128 Å². The molecule has 1 aliphatic heterocycles. The quantitative estimate of drug-likeness (QED) is 0.674. The first-order valence-corrected chi connectivity index (χ1v) is 7.47. The number of piperidine rings is 1. The van der Waals surface area contributed by atoms with Crippen molar-refractivity contribution < 1.29 is 5.11 Å². The van der Waals surface area contributed by atoms with E-state index in [-0.39, 0.29) is 11.1 Å². The van der Waals surface area contributed by atoms with E-state index in [0.29, 0.717) is 23.6 Å². The fraction of sp³-hybridized carbons (Fsp3) is 0.533. The highest BCUT2D eigenvalue weighted by molar-refractivity contribution is 6.31. The Morgan fingerprint density at radius 3 is 2.76 bits per heavy atom. The minimum Gasteiger partial charge on any atom is -0.391 e. The zero-order chi connectivity index (χ0) is 15.0. The Kier molecular flexibility index (Phi) is 3.71. The van der Waals surface area contributed by atoms with Crippen LogP contribution in [0.3, 0.4) is 0 Å². The molecule has 2 aliphatic rings. The largest absolute Gasteiger partial charge is 0.391 e. The van der Waals surface area contributed by atoms with Gasteiger partial charge in [-0.1, -0.05) is 11.6 Å². The highest BCUT2D eigenvalue weighted by atomic mass is 35.5. The van der Waals surface area contributed by atoms with Gasteiger partial charge in [-0.3, -0.25) is 0 Å². The minimum atomic E-state index is -0.405. The summed E-state index contributed by atoms with van der Waals surface area (Å²) in [6, 6.07) is 2.09. The van der Waals surface area contributed by atoms with E-state index in [0.717, 1.165) is 37.8 Å². The lowest BCUT2D eigenvalue weighted by molar-refractivity contribution is 0.154. The van der Waals surface area contributed by atoms with Crippen LogP contribution in [-0.2, 0) is 0 Å². The van der Waals surface area contributed by atoms with Crippen LogP contribution in [0.15, 0.2) is 0 Å². The van der Waals surface area contributed by atoms with Crippen molar-refractivity contribution in [3.05, 3.63) is 27.7 Å². The van der Waals surface area contributed by atoms with Crippen LogP contribution in [0.5, 0.6) is 0 Å². The SMILES string of the molecule is [C-]#[N+]c1c(N2CCCC(O)C2)nc(Cl)c(C#N)c1C1CC1. The summed E-state index contributed by atoms with van der Waals surface area (Å²) in [5, 5.41) is 19.3. The molecule has 1 aromatic heterocycles. The minimum absolute atomic E-state index is 0.168. The third-order valence-corrected chi connectivity index (χ3v) is 4.33. The van der Waals surface area contributed by atoms with Gasteiger partial charge in [0, 0.05) is 13.1 Å². The lowest BCUT2D eigenvalue weighted by atomic mass is 10.0. The van der Waals surface area contributed by atoms with Gasteiger partial charge in [-0.05, 0) is 37.2 Å². The normalized spacial score (nSPS) is 21.7. The molecular formula is C15H15ClN4O. The molecule has 3 rings (SSSR count). The second-order valence-corrected chi connectivity index (χ2v) is 5.96. The maximum atomic E-state index is 9.83. The molecule has 5 nitrogen and oxygen atoms in total. The van der Waals surface area contributed by atoms with Crippen LogP contribution in [0, 0.1) is 17.9 Å². The second kappa shape index (κ2) is 5.52. The van der Waals surface area contributed by atoms with Crippen LogP contribution in [0.2, 0.25) is 5.15 Å². The average molecular weight is 303 g/mol. The van der Waals surface area contributed by atoms with Crippen LogP contribution in [0.4, 0.5) is 11.5 Å². The smallest absolute Gasteiger partial charge is 0.233 e. The zero-order valence-electron chi connectivity index (χ0n) is 11.5. The highest BCUT2D eigenvalue weighted by Gasteiger charge is 2.34. The molecule has 1 saturated carbocycles. The molecule has 0 radical (unpaired) electrons. The molecule has 1 aromatic rings. The molecule has 1 atom stereocenters. The number of aliphatic hydroxyl groups excluding tert-OH is 1. The van der Waals surface area contributed by atoms with Crippen LogP contribution in [0.25, 0.3) is 4.85 Å². The van der Waals surface area contributed by atoms with Gasteiger partial charge >= 0.3 is 0 Å². The Bertz CT molecular complexity index is 657. The second-order valence-electron chi connectivity index (χ2n) is 5.60. The molecule has 2 fully saturated rings. The monoisotopic (exact) mass is 302 g/mol. The van der Waals surface area contributed by atoms with Crippen LogP contribution in [0.1, 0.15) is 42.7 Å². The van der Waals surface area contributed by atoms with E-state index in [1.54, 1.807) is 0 Å². The summed E-state index contributed by atoms with van der Waals surface area (Å²) < 4.78 is 0. The van der Waals surface area contributed by atoms with Crippen LogP contribution < -0.4 is 4.90 Å². The van der Waals surface area contributed by atoms with Gasteiger partial charge in [0.2, 0.25) is 5.69 Å². The molecule has 1 aliphatic carbocycles. The standard InChI is InChI=1S/C15H15ClN4O/c1-18-13-12(9-4-5-9)11(7-17)14(16)19-15(13)20-6-2-3-10(21)8-20/h9-10,21H,2-6,8H2. The summed E-state index contributed by atoms with van der Waals surface area (Å²) in [7, 11) is 0. The summed E-state index contributed by atoms with van der Waals surface area (Å²) in [5.74, 6) is 0.771. The molecule has 1 N–H and O–H groups in total. The number of aromatic nitrogens is 1. The predicted molar refractivity (Wildman–Crippen MR) is 79.7 cm³/mol. The molecule has 1 unspecified atom stereocenters. The summed E-state index contributed by atoms with van der Waals surface area (Å²) in [6.45, 7) is 8.71. The summed E-state index contributed by atoms with van der Waals surface area (Å²) in [5.41, 5.74) is 1.53. The number of anilines is 1. The summed E-state index contributed by atoms with van der Waals surface area (Å²) >= 11 is 6.17. The lowest BCUT2D eigenvalue weighted by Crippen LogP contribution is -2.38. The van der Waals surface area contributed by atoms with Crippen molar-refractivity contribution in [1.29, 1.82) is 5.26 Å². The molecule has 0 bridgehead atoms. The van der Waals surface area contributed by atoms with Crippen molar-refractivity contribution in [1.82, 2.24) is 4.98 Å². The summed E-state index contributed by atoms with van der Waals surface area (Å²) in [6.07, 6.45) is 3.19. The zero-order valence-corrected chi connectivity index (χ0v) is 12.3. The van der Waals surface area contributed by atoms with Gasteiger partial charge in [-0.15, -0.1) is 0 Å². The number of rotatable bonds is 2. The predicted octanol–water partition coefficient (Wildman–Crippen LogP) is 3.00. The first-order chi connectivity index (χ1) is 10.2. The lowest BCUT2D eigenvalue weighted by Gasteiger charge is -2.32. The maximum absolute atomic E-state index is 9.83. The number of hydrogen-bond donors (Lipinski definition) is 1. The highest BCUT2D eigenvalue weighted by Crippen LogP contribution is 2.50. The number of β-amino-alcohol motifs (C(OH)–C–C–N with tert-alkyl or cyclic N) is 1. The van der Waals surface area contributed by atoms with Gasteiger partial charge in [-0.2, -0.15) is 5.26 Å². The van der Waals surface area contributed by atoms with Crippen molar-refractivity contribution >= 4 is 23.1 Å². The van der Waals surface area contributed by atoms with E-state index in [9.17, 15) is 10.4 Å². The molecule has 6 heteroatoms. The van der Waals surface area contributed by atoms with E-state index in [1.807, 2.05) is 4.90 Å². The fourth-order valence-corrected chi connectivity index (χ4v) is 3.13. The topological polar surface area (TPSA) is 64.5 Å². The number of hydrogen-bond acceptors (Lipinski definition) is 4. The molecule has 0 amide bonds. The van der Waals surface area contributed by atoms with Gasteiger partial charge in [-0.25, -0.2) is 9.83 Å². The van der Waals surface area contributed by atoms with Crippen molar-refractivity contribution in [3.63, 3.8) is 0 Å². The Hall–Kier alpha value is -1.82. The van der Waals surface area contributed by atoms with Crippen LogP contribution >= 0.6 is 11.6 Å². The molecule has 108 valence electrons. The third kappa shape index (κ3) is 2.55. The van der Waals surface area contributed by atoms with Crippen molar-refractivity contribution in [2.75, 3.05) is 18.0 Å². The van der Waals surface area contributed by atoms with Crippen molar-refractivity contribution in [2.45, 2.75) is 37.7 Å². The molecule has 0 spiro atoms. The van der Waals surface area contributed by atoms with Gasteiger partial charge in [0.05, 0.1) is 18.2 Å². The Morgan fingerprint density at radius 2 is 2.19 bits per heavy atom. The average Bonchev–Trinajstić information content (AvgIpc) is 3.30. The molecule has 2 heterocycles. The van der Waals surface area contributed by atoms with Crippen LogP contribution in [-0.4, -0.2) is 29.3 Å². The Balaban J connectivity index is 2.13. The molecular weight excluding hydrogens is 288 g/mol. The van der Waals surface area contributed by atoms with Gasteiger partial charge in [0.25, 0.3) is 0 Å². The third-order valence-electron chi connectivity index (χ3n) is 4.05. The molecule has 0 aromatic carbocycles. The van der Waals surface area contributed by atoms with E-state index >= 15 is 0 Å². The van der Waals surface area contributed by atoms with Gasteiger partial charge in [0.15, 0.2) is 0 Å². The maximum Gasteiger partial charge on any atom is 0.233 e. The van der Waals surface area contributed by atoms with E-state index in [1.165, 1.54) is 0 Å². The number of nitriles is 1. The van der Waals surface area contributed by atoms with E-state index in [2.05, 4.69) is 15.9 Å². The number of halogens is 1. The summed E-state index contributed by atoms with van der Waals surface area (Å²) in [4.78, 5) is 9.84. The molecule has 1 saturated heterocycles. The molecule has 21 heavy (non-hydrogen) atoms. The van der Waals surface area contributed by atoms with E-state index < -0.39 is 6.10 Å². The van der Waals surface area contributed by atoms with Gasteiger partial charge < -0.3 is 10.0 Å². The van der Waals surface area contributed by atoms with E-state index in [4.69, 9.17) is 18.2 Å². The van der Waals surface area contributed by atoms with Crippen molar-refractivity contribution in [2.24, 2.45) is 0 Å². The first-order valence-electron chi connectivity index (χ1n) is 7.09. The number of aliphatic hydroxyl groups is 1. The fourth-order valence-electron chi connectivity index (χ4n) is 2.91. The first kappa shape index (κ1) is 14.1. The van der Waals surface area contributed by atoms with Crippen molar-refractivity contribution in [3.8, 4) is 6.07 Å².